The van der Waals surface area contributed by atoms with Gasteiger partial charge in [0.1, 0.15) is 17.3 Å². The fourth-order valence-electron chi connectivity index (χ4n) is 5.62. The number of nitrogens with one attached hydrogen (secondary N) is 1. The van der Waals surface area contributed by atoms with Gasteiger partial charge < -0.3 is 14.8 Å². The summed E-state index contributed by atoms with van der Waals surface area (Å²) in [5.74, 6) is 2.55. The molecule has 1 aliphatic heterocycles. The lowest BCUT2D eigenvalue weighted by atomic mass is 9.87. The van der Waals surface area contributed by atoms with Crippen molar-refractivity contribution in [3.8, 4) is 33.9 Å². The van der Waals surface area contributed by atoms with E-state index < -0.39 is 0 Å². The largest absolute Gasteiger partial charge is 0.508 e. The Morgan fingerprint density at radius 1 is 0.800 bits per heavy atom. The summed E-state index contributed by atoms with van der Waals surface area (Å²) in [5.41, 5.74) is 10.8. The van der Waals surface area contributed by atoms with Gasteiger partial charge in [-0.1, -0.05) is 60.7 Å². The Labute approximate surface area is 232 Å². The van der Waals surface area contributed by atoms with Crippen molar-refractivity contribution in [2.75, 3.05) is 7.11 Å². The van der Waals surface area contributed by atoms with Crippen LogP contribution in [-0.4, -0.2) is 28.7 Å². The highest BCUT2D eigenvalue weighted by atomic mass is 16.5. The summed E-state index contributed by atoms with van der Waals surface area (Å²) in [7, 11) is 1.71. The second-order valence-electron chi connectivity index (χ2n) is 9.99. The fraction of sp³-hybridized carbons (Fsp3) is 0.0857. The van der Waals surface area contributed by atoms with E-state index in [0.29, 0.717) is 5.84 Å². The number of aromatic hydroxyl groups is 1. The van der Waals surface area contributed by atoms with Crippen LogP contribution in [0.3, 0.4) is 0 Å². The lowest BCUT2D eigenvalue weighted by Crippen LogP contribution is -2.03. The monoisotopic (exact) mass is 521 g/mol. The van der Waals surface area contributed by atoms with E-state index >= 15 is 0 Å². The Morgan fingerprint density at radius 3 is 2.25 bits per heavy atom. The average Bonchev–Trinajstić information content (AvgIpc) is 3.60. The molecular formula is C35H27N3O2. The summed E-state index contributed by atoms with van der Waals surface area (Å²) < 4.78 is 5.50. The average molecular weight is 522 g/mol. The molecule has 0 bridgehead atoms. The number of aromatic amines is 1. The molecule has 0 radical (unpaired) electrons. The second-order valence-corrected chi connectivity index (χ2v) is 9.99. The Bertz CT molecular complexity index is 1810. The highest BCUT2D eigenvalue weighted by Crippen LogP contribution is 2.45. The van der Waals surface area contributed by atoms with E-state index in [4.69, 9.17) is 14.7 Å². The van der Waals surface area contributed by atoms with Crippen LogP contribution in [0.15, 0.2) is 119 Å². The van der Waals surface area contributed by atoms with Crippen molar-refractivity contribution in [1.82, 2.24) is 4.98 Å². The summed E-state index contributed by atoms with van der Waals surface area (Å²) in [4.78, 5) is 13.9. The van der Waals surface area contributed by atoms with Gasteiger partial charge in [0.15, 0.2) is 5.84 Å². The van der Waals surface area contributed by atoms with Crippen LogP contribution in [-0.2, 0) is 12.8 Å². The van der Waals surface area contributed by atoms with Crippen molar-refractivity contribution >= 4 is 22.9 Å². The smallest absolute Gasteiger partial charge is 0.162 e. The third-order valence-corrected chi connectivity index (χ3v) is 7.59. The van der Waals surface area contributed by atoms with E-state index in [1.807, 2.05) is 42.5 Å². The molecule has 5 nitrogen and oxygen atoms in total. The van der Waals surface area contributed by atoms with E-state index in [2.05, 4.69) is 59.6 Å². The van der Waals surface area contributed by atoms with E-state index in [1.165, 1.54) is 16.7 Å². The maximum absolute atomic E-state index is 9.80. The van der Waals surface area contributed by atoms with Gasteiger partial charge in [-0.3, -0.25) is 0 Å². The Kier molecular flexibility index (Phi) is 5.90. The molecule has 2 aliphatic rings. The van der Waals surface area contributed by atoms with Crippen LogP contribution in [0.25, 0.3) is 28.0 Å². The molecule has 1 aliphatic carbocycles. The predicted molar refractivity (Wildman–Crippen MR) is 162 cm³/mol. The summed E-state index contributed by atoms with van der Waals surface area (Å²) in [5, 5.41) is 9.80. The zero-order chi connectivity index (χ0) is 27.1. The third-order valence-electron chi connectivity index (χ3n) is 7.59. The number of phenols is 1. The molecule has 0 saturated heterocycles. The number of phenolic OH excluding ortho intramolecular Hbond substituents is 1. The molecular weight excluding hydrogens is 494 g/mol. The number of aliphatic imine (C=N–C) groups is 2. The molecule has 2 N–H and O–H groups in total. The van der Waals surface area contributed by atoms with Gasteiger partial charge in [0, 0.05) is 22.3 Å². The Hall–Kier alpha value is -5.16. The minimum Gasteiger partial charge on any atom is -0.508 e. The highest BCUT2D eigenvalue weighted by Gasteiger charge is 2.27. The zero-order valence-corrected chi connectivity index (χ0v) is 22.1. The third kappa shape index (κ3) is 4.22. The van der Waals surface area contributed by atoms with Crippen LogP contribution in [0.1, 0.15) is 22.3 Å². The number of methoxy groups -OCH3 is 1. The number of benzene rings is 4. The number of fused-ring (bicyclic) bond motifs is 3. The summed E-state index contributed by atoms with van der Waals surface area (Å²) >= 11 is 0. The Morgan fingerprint density at radius 2 is 1.52 bits per heavy atom. The second kappa shape index (κ2) is 9.86. The maximum Gasteiger partial charge on any atom is 0.162 e. The molecule has 5 heteroatoms. The first-order chi connectivity index (χ1) is 19.7. The van der Waals surface area contributed by atoms with Gasteiger partial charge >= 0.3 is 0 Å². The molecule has 0 fully saturated rings. The molecule has 0 spiro atoms. The van der Waals surface area contributed by atoms with Crippen molar-refractivity contribution < 1.29 is 9.84 Å². The number of allylic oxidation sites excluding steroid dienone is 1. The molecule has 2 heterocycles. The van der Waals surface area contributed by atoms with Gasteiger partial charge in [-0.25, -0.2) is 9.98 Å². The fourth-order valence-corrected chi connectivity index (χ4v) is 5.62. The maximum atomic E-state index is 9.80. The molecule has 7 rings (SSSR count). The summed E-state index contributed by atoms with van der Waals surface area (Å²) in [6.07, 6.45) is 3.92. The van der Waals surface area contributed by atoms with E-state index in [9.17, 15) is 5.11 Å². The van der Waals surface area contributed by atoms with Crippen LogP contribution < -0.4 is 4.74 Å². The minimum absolute atomic E-state index is 0.228. The number of rotatable bonds is 5. The first kappa shape index (κ1) is 23.9. The first-order valence-electron chi connectivity index (χ1n) is 13.4. The van der Waals surface area contributed by atoms with Gasteiger partial charge in [-0.05, 0) is 83.6 Å². The van der Waals surface area contributed by atoms with Gasteiger partial charge in [0.25, 0.3) is 0 Å². The number of aryl methyl sites for hydroxylation is 1. The van der Waals surface area contributed by atoms with Crippen LogP contribution in [0, 0.1) is 0 Å². The van der Waals surface area contributed by atoms with Crippen molar-refractivity contribution in [2.45, 2.75) is 12.8 Å². The molecule has 194 valence electrons. The van der Waals surface area contributed by atoms with Crippen LogP contribution in [0.2, 0.25) is 0 Å². The van der Waals surface area contributed by atoms with Crippen molar-refractivity contribution in [3.05, 3.63) is 131 Å². The lowest BCUT2D eigenvalue weighted by Gasteiger charge is -2.18. The Balaban J connectivity index is 1.42. The standard InChI is InChI=1S/C35H27N3O2/c1-40-27-17-19-28-25(20-27)14-18-29-32(24-10-6-3-7-11-24)35(37-33(28)29)38-34-30(22-8-4-2-5-9-22)21-31(36-34)23-12-15-26(39)16-13-23/h2-13,15-17,19-21,37,39H,14,18H2,1H3. The van der Waals surface area contributed by atoms with Crippen molar-refractivity contribution in [2.24, 2.45) is 9.98 Å². The number of H-pyrrole nitrogens is 1. The molecule has 0 saturated carbocycles. The molecule has 4 aromatic carbocycles. The highest BCUT2D eigenvalue weighted by molar-refractivity contribution is 6.38. The number of amidine groups is 1. The molecule has 5 aromatic rings. The quantitative estimate of drug-likeness (QED) is 0.248. The number of hydrogen-bond donors (Lipinski definition) is 2. The number of hydrogen-bond acceptors (Lipinski definition) is 3. The normalized spacial score (nSPS) is 14.9. The zero-order valence-electron chi connectivity index (χ0n) is 22.1. The lowest BCUT2D eigenvalue weighted by molar-refractivity contribution is 0.414. The SMILES string of the molecule is COc1ccc2c(c1)CCc1c-2[nH]c(N=C2N=C(c3ccc(O)cc3)C=C2c2ccccc2)c1-c1ccccc1. The van der Waals surface area contributed by atoms with Crippen LogP contribution in [0.5, 0.6) is 11.5 Å². The number of nitrogens with zero attached hydrogens (tertiary/aromatic N) is 2. The first-order valence-corrected chi connectivity index (χ1v) is 13.4. The molecule has 0 unspecified atom stereocenters. The van der Waals surface area contributed by atoms with E-state index in [0.717, 1.165) is 63.6 Å². The van der Waals surface area contributed by atoms with Crippen molar-refractivity contribution in [1.29, 1.82) is 0 Å². The van der Waals surface area contributed by atoms with E-state index in [1.54, 1.807) is 19.2 Å². The predicted octanol–water partition coefficient (Wildman–Crippen LogP) is 7.78. The minimum atomic E-state index is 0.228. The van der Waals surface area contributed by atoms with Gasteiger partial charge in [-0.2, -0.15) is 0 Å². The molecule has 0 amide bonds. The van der Waals surface area contributed by atoms with Gasteiger partial charge in [0.05, 0.1) is 18.5 Å². The molecule has 40 heavy (non-hydrogen) atoms. The van der Waals surface area contributed by atoms with Crippen molar-refractivity contribution in [3.63, 3.8) is 0 Å². The summed E-state index contributed by atoms with van der Waals surface area (Å²) in [6.45, 7) is 0. The molecule has 1 aromatic heterocycles. The summed E-state index contributed by atoms with van der Waals surface area (Å²) in [6, 6.07) is 34.1. The molecule has 0 atom stereocenters. The van der Waals surface area contributed by atoms with Gasteiger partial charge in [0.2, 0.25) is 0 Å². The number of ether oxygens (including phenoxy) is 1. The number of aromatic nitrogens is 1. The van der Waals surface area contributed by atoms with Crippen LogP contribution in [0.4, 0.5) is 5.82 Å². The topological polar surface area (TPSA) is 70.0 Å². The van der Waals surface area contributed by atoms with Crippen LogP contribution >= 0.6 is 0 Å². The van der Waals surface area contributed by atoms with E-state index in [-0.39, 0.29) is 5.75 Å². The van der Waals surface area contributed by atoms with Gasteiger partial charge in [-0.15, -0.1) is 0 Å².